The highest BCUT2D eigenvalue weighted by Gasteiger charge is 2.28. The van der Waals surface area contributed by atoms with Crippen LogP contribution in [0.5, 0.6) is 5.75 Å². The van der Waals surface area contributed by atoms with Crippen molar-refractivity contribution in [1.29, 1.82) is 0 Å². The first-order chi connectivity index (χ1) is 18.7. The molecule has 3 rings (SSSR count). The summed E-state index contributed by atoms with van der Waals surface area (Å²) in [5.74, 6) is -0.732. The van der Waals surface area contributed by atoms with Crippen molar-refractivity contribution in [2.75, 3.05) is 46.4 Å². The van der Waals surface area contributed by atoms with E-state index in [1.165, 1.54) is 30.6 Å². The van der Waals surface area contributed by atoms with Gasteiger partial charge in [-0.2, -0.15) is 0 Å². The summed E-state index contributed by atoms with van der Waals surface area (Å²) >= 11 is 0. The predicted molar refractivity (Wildman–Crippen MR) is 149 cm³/mol. The van der Waals surface area contributed by atoms with Gasteiger partial charge in [-0.15, -0.1) is 0 Å². The highest BCUT2D eigenvalue weighted by Crippen LogP contribution is 2.19. The van der Waals surface area contributed by atoms with Crippen molar-refractivity contribution in [3.63, 3.8) is 0 Å². The van der Waals surface area contributed by atoms with Gasteiger partial charge >= 0.3 is 0 Å². The number of para-hydroxylation sites is 1. The molecule has 1 saturated heterocycles. The highest BCUT2D eigenvalue weighted by molar-refractivity contribution is 5.99. The fourth-order valence-corrected chi connectivity index (χ4v) is 5.01. The number of hydrogen-bond donors (Lipinski definition) is 3. The molecule has 0 saturated carbocycles. The number of nitrogens with one attached hydrogen (secondary N) is 3. The molecule has 0 bridgehead atoms. The number of likely N-dealkylation sites (N-methyl/N-ethyl adjacent to an activating group) is 1. The molecule has 10 heteroatoms. The Kier molecular flexibility index (Phi) is 12.0. The fourth-order valence-electron chi connectivity index (χ4n) is 5.01. The number of amides is 4. The minimum absolute atomic E-state index is 0.00573. The number of hydrogen-bond acceptors (Lipinski definition) is 6. The van der Waals surface area contributed by atoms with E-state index in [9.17, 15) is 19.2 Å². The third-order valence-corrected chi connectivity index (χ3v) is 7.24. The van der Waals surface area contributed by atoms with E-state index in [0.717, 1.165) is 19.6 Å². The fraction of sp³-hybridized carbons (Fsp3) is 0.655. The molecule has 0 unspecified atom stereocenters. The third-order valence-electron chi connectivity index (χ3n) is 7.24. The summed E-state index contributed by atoms with van der Waals surface area (Å²) in [6.45, 7) is 7.73. The molecular weight excluding hydrogens is 498 g/mol. The van der Waals surface area contributed by atoms with Gasteiger partial charge in [0.25, 0.3) is 5.91 Å². The molecule has 2 atom stereocenters. The van der Waals surface area contributed by atoms with Crippen LogP contribution in [0, 0.1) is 5.92 Å². The molecule has 0 aromatic heterocycles. The minimum Gasteiger partial charge on any atom is -0.491 e. The normalized spacial score (nSPS) is 22.5. The molecule has 1 aromatic rings. The van der Waals surface area contributed by atoms with Crippen molar-refractivity contribution in [2.24, 2.45) is 5.92 Å². The summed E-state index contributed by atoms with van der Waals surface area (Å²) in [4.78, 5) is 56.4. The van der Waals surface area contributed by atoms with Gasteiger partial charge in [-0.25, -0.2) is 0 Å². The van der Waals surface area contributed by atoms with E-state index in [-0.39, 0.29) is 43.1 Å². The Hall–Kier alpha value is -3.14. The summed E-state index contributed by atoms with van der Waals surface area (Å²) in [5.41, 5.74) is 0.297. The largest absolute Gasteiger partial charge is 0.491 e. The second-order valence-electron chi connectivity index (χ2n) is 11.0. The Morgan fingerprint density at radius 2 is 1.77 bits per heavy atom. The lowest BCUT2D eigenvalue weighted by Gasteiger charge is -2.26. The SMILES string of the molecule is CC(C)C[C@@H]1NC(=O)CC[C@@H](C(=O)NCCN2CCCCCC2)NC(=O)c2ccccc2OCCN(C)C1=O. The summed E-state index contributed by atoms with van der Waals surface area (Å²) in [6, 6.07) is 5.24. The van der Waals surface area contributed by atoms with Gasteiger partial charge in [0.15, 0.2) is 0 Å². The van der Waals surface area contributed by atoms with Crippen LogP contribution in [0.2, 0.25) is 0 Å². The Labute approximate surface area is 232 Å². The van der Waals surface area contributed by atoms with Gasteiger partial charge in [0.1, 0.15) is 24.4 Å². The van der Waals surface area contributed by atoms with Crippen molar-refractivity contribution in [2.45, 2.75) is 70.9 Å². The lowest BCUT2D eigenvalue weighted by atomic mass is 10.0. The van der Waals surface area contributed by atoms with Crippen LogP contribution >= 0.6 is 0 Å². The maximum atomic E-state index is 13.2. The van der Waals surface area contributed by atoms with Crippen LogP contribution < -0.4 is 20.7 Å². The molecular formula is C29H45N5O5. The van der Waals surface area contributed by atoms with Crippen molar-refractivity contribution < 1.29 is 23.9 Å². The molecule has 1 fully saturated rings. The van der Waals surface area contributed by atoms with Gasteiger partial charge in [-0.3, -0.25) is 19.2 Å². The lowest BCUT2D eigenvalue weighted by molar-refractivity contribution is -0.136. The number of likely N-dealkylation sites (tertiary alicyclic amines) is 1. The number of rotatable bonds is 6. The number of ether oxygens (including phenoxy) is 1. The zero-order chi connectivity index (χ0) is 28.2. The number of fused-ring (bicyclic) bond motifs is 1. The van der Waals surface area contributed by atoms with Crippen molar-refractivity contribution >= 4 is 23.6 Å². The molecule has 1 aromatic carbocycles. The van der Waals surface area contributed by atoms with E-state index in [2.05, 4.69) is 20.9 Å². The molecule has 0 aliphatic carbocycles. The average molecular weight is 544 g/mol. The van der Waals surface area contributed by atoms with Crippen molar-refractivity contribution in [1.82, 2.24) is 25.8 Å². The summed E-state index contributed by atoms with van der Waals surface area (Å²) in [6.07, 6.45) is 5.41. The first-order valence-corrected chi connectivity index (χ1v) is 14.3. The molecule has 0 spiro atoms. The molecule has 2 aliphatic heterocycles. The van der Waals surface area contributed by atoms with E-state index in [1.807, 2.05) is 13.8 Å². The van der Waals surface area contributed by atoms with Crippen molar-refractivity contribution in [3.05, 3.63) is 29.8 Å². The molecule has 2 aliphatic rings. The quantitative estimate of drug-likeness (QED) is 0.505. The summed E-state index contributed by atoms with van der Waals surface area (Å²) in [5, 5.41) is 8.63. The van der Waals surface area contributed by atoms with E-state index >= 15 is 0 Å². The Morgan fingerprint density at radius 1 is 1.05 bits per heavy atom. The lowest BCUT2D eigenvalue weighted by Crippen LogP contribution is -2.50. The maximum Gasteiger partial charge on any atom is 0.255 e. The molecule has 0 radical (unpaired) electrons. The Bertz CT molecular complexity index is 977. The number of nitrogens with zero attached hydrogens (tertiary/aromatic N) is 2. The maximum absolute atomic E-state index is 13.2. The second kappa shape index (κ2) is 15.5. The molecule has 10 nitrogen and oxygen atoms in total. The van der Waals surface area contributed by atoms with Crippen LogP contribution in [0.15, 0.2) is 24.3 Å². The van der Waals surface area contributed by atoms with E-state index in [0.29, 0.717) is 30.8 Å². The molecule has 2 heterocycles. The van der Waals surface area contributed by atoms with Crippen molar-refractivity contribution in [3.8, 4) is 5.75 Å². The monoisotopic (exact) mass is 543 g/mol. The standard InChI is InChI=1S/C29H45N5O5/c1-21(2)20-24-29(38)33(3)18-19-39-25-11-7-6-10-22(25)27(36)32-23(12-13-26(35)31-24)28(37)30-14-17-34-15-8-4-5-9-16-34/h6-7,10-11,21,23-24H,4-5,8-9,12-20H2,1-3H3,(H,30,37)(H,31,35)(H,32,36)/t23-,24-/m0/s1. The molecule has 216 valence electrons. The Balaban J connectivity index is 1.75. The average Bonchev–Trinajstić information content (AvgIpc) is 3.18. The predicted octanol–water partition coefficient (Wildman–Crippen LogP) is 1.94. The first kappa shape index (κ1) is 30.4. The topological polar surface area (TPSA) is 120 Å². The van der Waals surface area contributed by atoms with E-state index in [1.54, 1.807) is 31.3 Å². The highest BCUT2D eigenvalue weighted by atomic mass is 16.5. The van der Waals surface area contributed by atoms with Crippen LogP contribution in [0.25, 0.3) is 0 Å². The molecule has 4 amide bonds. The molecule has 39 heavy (non-hydrogen) atoms. The number of carbonyl (C=O) groups excluding carboxylic acids is 4. The Morgan fingerprint density at radius 3 is 2.49 bits per heavy atom. The van der Waals surface area contributed by atoms with Crippen LogP contribution in [0.4, 0.5) is 0 Å². The van der Waals surface area contributed by atoms with E-state index < -0.39 is 18.0 Å². The summed E-state index contributed by atoms with van der Waals surface area (Å²) in [7, 11) is 1.67. The minimum atomic E-state index is -0.910. The van der Waals surface area contributed by atoms with Gasteiger partial charge in [0.2, 0.25) is 17.7 Å². The van der Waals surface area contributed by atoms with Gasteiger partial charge < -0.3 is 30.5 Å². The van der Waals surface area contributed by atoms with Gasteiger partial charge in [-0.05, 0) is 56.8 Å². The molecule has 3 N–H and O–H groups in total. The van der Waals surface area contributed by atoms with Gasteiger partial charge in [-0.1, -0.05) is 38.8 Å². The zero-order valence-corrected chi connectivity index (χ0v) is 23.7. The van der Waals surface area contributed by atoms with Crippen LogP contribution in [0.1, 0.15) is 69.2 Å². The van der Waals surface area contributed by atoms with Crippen LogP contribution in [0.3, 0.4) is 0 Å². The smallest absolute Gasteiger partial charge is 0.255 e. The van der Waals surface area contributed by atoms with E-state index in [4.69, 9.17) is 4.74 Å². The van der Waals surface area contributed by atoms with Gasteiger partial charge in [0.05, 0.1) is 12.1 Å². The first-order valence-electron chi connectivity index (χ1n) is 14.3. The van der Waals surface area contributed by atoms with Crippen LogP contribution in [-0.4, -0.2) is 91.9 Å². The number of carbonyl (C=O) groups is 4. The van der Waals surface area contributed by atoms with Gasteiger partial charge in [0, 0.05) is 26.6 Å². The number of benzene rings is 1. The van der Waals surface area contributed by atoms with Crippen LogP contribution in [-0.2, 0) is 14.4 Å². The second-order valence-corrected chi connectivity index (χ2v) is 11.0. The zero-order valence-electron chi connectivity index (χ0n) is 23.7. The summed E-state index contributed by atoms with van der Waals surface area (Å²) < 4.78 is 5.88. The third kappa shape index (κ3) is 9.84.